The van der Waals surface area contributed by atoms with Crippen LogP contribution in [0.15, 0.2) is 36.9 Å². The predicted molar refractivity (Wildman–Crippen MR) is 80.2 cm³/mol. The molecule has 4 nitrogen and oxygen atoms in total. The van der Waals surface area contributed by atoms with Gasteiger partial charge in [-0.3, -0.25) is 0 Å². The van der Waals surface area contributed by atoms with Crippen LogP contribution in [0.5, 0.6) is 5.75 Å². The zero-order valence-electron chi connectivity index (χ0n) is 12.4. The van der Waals surface area contributed by atoms with Gasteiger partial charge in [-0.05, 0) is 31.4 Å². The topological polar surface area (TPSA) is 55.8 Å². The van der Waals surface area contributed by atoms with Crippen LogP contribution in [0.25, 0.3) is 0 Å². The smallest absolute Gasteiger partial charge is 0.335 e. The third-order valence-corrected chi connectivity index (χ3v) is 3.79. The first-order chi connectivity index (χ1) is 10.1. The Labute approximate surface area is 125 Å². The summed E-state index contributed by atoms with van der Waals surface area (Å²) in [5.41, 5.74) is 0.560. The van der Waals surface area contributed by atoms with Crippen molar-refractivity contribution in [3.63, 3.8) is 0 Å². The van der Waals surface area contributed by atoms with Crippen molar-refractivity contribution in [2.24, 2.45) is 0 Å². The lowest BCUT2D eigenvalue weighted by atomic mass is 9.83. The molecule has 0 fully saturated rings. The number of carbonyl (C=O) groups excluding carboxylic acids is 1. The van der Waals surface area contributed by atoms with Crippen molar-refractivity contribution < 1.29 is 19.4 Å². The highest BCUT2D eigenvalue weighted by atomic mass is 16.5. The van der Waals surface area contributed by atoms with E-state index in [0.717, 1.165) is 24.2 Å². The maximum atomic E-state index is 11.7. The molecule has 1 aliphatic rings. The molecule has 1 aromatic rings. The van der Waals surface area contributed by atoms with E-state index in [1.807, 2.05) is 24.3 Å². The molecule has 0 bridgehead atoms. The van der Waals surface area contributed by atoms with Gasteiger partial charge in [0.2, 0.25) is 0 Å². The molecule has 21 heavy (non-hydrogen) atoms. The first-order valence-electron chi connectivity index (χ1n) is 7.33. The van der Waals surface area contributed by atoms with Crippen molar-refractivity contribution in [3.05, 3.63) is 42.5 Å². The normalized spacial score (nSPS) is 21.8. The molecule has 0 aliphatic carbocycles. The molecule has 0 radical (unpaired) electrons. The summed E-state index contributed by atoms with van der Waals surface area (Å²) >= 11 is 0. The second-order valence-corrected chi connectivity index (χ2v) is 5.36. The summed E-state index contributed by atoms with van der Waals surface area (Å²) in [6.45, 7) is 5.74. The van der Waals surface area contributed by atoms with E-state index in [0.29, 0.717) is 6.42 Å². The molecule has 0 saturated heterocycles. The van der Waals surface area contributed by atoms with Crippen molar-refractivity contribution in [2.75, 3.05) is 6.61 Å². The van der Waals surface area contributed by atoms with E-state index in [1.54, 1.807) is 13.0 Å². The van der Waals surface area contributed by atoms with Gasteiger partial charge >= 0.3 is 5.97 Å². The highest BCUT2D eigenvalue weighted by Gasteiger charge is 2.39. The molecule has 2 atom stereocenters. The molecule has 0 saturated carbocycles. The van der Waals surface area contributed by atoms with Gasteiger partial charge in [0, 0.05) is 12.8 Å². The van der Waals surface area contributed by atoms with Gasteiger partial charge in [-0.15, -0.1) is 6.58 Å². The van der Waals surface area contributed by atoms with E-state index in [1.165, 1.54) is 0 Å². The summed E-state index contributed by atoms with van der Waals surface area (Å²) in [6.07, 6.45) is 3.00. The van der Waals surface area contributed by atoms with Crippen molar-refractivity contribution in [1.29, 1.82) is 0 Å². The fourth-order valence-electron chi connectivity index (χ4n) is 2.76. The van der Waals surface area contributed by atoms with Crippen LogP contribution in [0.1, 0.15) is 31.7 Å². The van der Waals surface area contributed by atoms with Crippen molar-refractivity contribution in [1.82, 2.24) is 0 Å². The average Bonchev–Trinajstić information content (AvgIpc) is 2.47. The summed E-state index contributed by atoms with van der Waals surface area (Å²) in [5, 5.41) is 10.1. The van der Waals surface area contributed by atoms with Gasteiger partial charge in [0.15, 0.2) is 6.10 Å². The van der Waals surface area contributed by atoms with E-state index in [-0.39, 0.29) is 13.0 Å². The number of ether oxygens (including phenoxy) is 2. The molecule has 1 aliphatic heterocycles. The predicted octanol–water partition coefficient (Wildman–Crippen LogP) is 2.64. The van der Waals surface area contributed by atoms with Crippen molar-refractivity contribution in [2.45, 2.75) is 44.3 Å². The van der Waals surface area contributed by atoms with Crippen LogP contribution in [-0.4, -0.2) is 29.4 Å². The number of esters is 1. The number of fused-ring (bicyclic) bond motifs is 1. The van der Waals surface area contributed by atoms with Crippen LogP contribution in [0.2, 0.25) is 0 Å². The number of hydrogen-bond acceptors (Lipinski definition) is 4. The molecule has 4 heteroatoms. The second kappa shape index (κ2) is 6.76. The lowest BCUT2D eigenvalue weighted by Gasteiger charge is -2.39. The Balaban J connectivity index is 2.15. The first kappa shape index (κ1) is 15.6. The third-order valence-electron chi connectivity index (χ3n) is 3.79. The quantitative estimate of drug-likeness (QED) is 0.646. The molecule has 0 aromatic heterocycles. The number of aliphatic hydroxyl groups is 1. The van der Waals surface area contributed by atoms with E-state index < -0.39 is 17.7 Å². The highest BCUT2D eigenvalue weighted by Crippen LogP contribution is 2.38. The van der Waals surface area contributed by atoms with Gasteiger partial charge in [-0.1, -0.05) is 24.3 Å². The summed E-state index contributed by atoms with van der Waals surface area (Å²) in [6, 6.07) is 7.86. The largest absolute Gasteiger partial charge is 0.487 e. The number of rotatable bonds is 6. The molecule has 1 aromatic carbocycles. The summed E-state index contributed by atoms with van der Waals surface area (Å²) in [5.74, 6) is 0.227. The van der Waals surface area contributed by atoms with Crippen LogP contribution in [0.4, 0.5) is 0 Å². The molecule has 1 N–H and O–H groups in total. The molecule has 2 rings (SSSR count). The SMILES string of the molecule is C=CCC1(CC(O)C(=O)OCC)CCc2ccccc2O1. The summed E-state index contributed by atoms with van der Waals surface area (Å²) < 4.78 is 11.0. The zero-order chi connectivity index (χ0) is 15.3. The van der Waals surface area contributed by atoms with E-state index in [4.69, 9.17) is 9.47 Å². The fraction of sp³-hybridized carbons (Fsp3) is 0.471. The number of aryl methyl sites for hydroxylation is 1. The highest BCUT2D eigenvalue weighted by molar-refractivity contribution is 5.74. The van der Waals surface area contributed by atoms with Gasteiger partial charge in [-0.25, -0.2) is 4.79 Å². The minimum Gasteiger partial charge on any atom is -0.487 e. The molecular weight excluding hydrogens is 268 g/mol. The third kappa shape index (κ3) is 3.64. The minimum absolute atomic E-state index is 0.214. The van der Waals surface area contributed by atoms with Crippen LogP contribution in [0, 0.1) is 0 Å². The van der Waals surface area contributed by atoms with E-state index >= 15 is 0 Å². The summed E-state index contributed by atoms with van der Waals surface area (Å²) in [7, 11) is 0. The Kier molecular flexibility index (Phi) is 5.02. The van der Waals surface area contributed by atoms with Gasteiger partial charge in [0.05, 0.1) is 6.61 Å². The lowest BCUT2D eigenvalue weighted by molar-refractivity contribution is -0.156. The minimum atomic E-state index is -1.17. The Hall–Kier alpha value is -1.81. The zero-order valence-corrected chi connectivity index (χ0v) is 12.4. The monoisotopic (exact) mass is 290 g/mol. The molecule has 0 amide bonds. The standard InChI is InChI=1S/C17H22O4/c1-3-10-17(12-14(18)16(19)20-4-2)11-9-13-7-5-6-8-15(13)21-17/h3,5-8,14,18H,1,4,9-12H2,2H3. The molecule has 2 unspecified atom stereocenters. The van der Waals surface area contributed by atoms with E-state index in [9.17, 15) is 9.90 Å². The van der Waals surface area contributed by atoms with Crippen LogP contribution < -0.4 is 4.74 Å². The van der Waals surface area contributed by atoms with Gasteiger partial charge in [0.1, 0.15) is 11.4 Å². The number of benzene rings is 1. The molecule has 0 spiro atoms. The maximum absolute atomic E-state index is 11.7. The van der Waals surface area contributed by atoms with Gasteiger partial charge in [0.25, 0.3) is 0 Å². The average molecular weight is 290 g/mol. The maximum Gasteiger partial charge on any atom is 0.335 e. The van der Waals surface area contributed by atoms with Gasteiger partial charge in [-0.2, -0.15) is 0 Å². The Morgan fingerprint density at radius 1 is 1.57 bits per heavy atom. The molecule has 114 valence electrons. The van der Waals surface area contributed by atoms with E-state index in [2.05, 4.69) is 6.58 Å². The number of carbonyl (C=O) groups is 1. The molecular formula is C17H22O4. The number of para-hydroxylation sites is 1. The first-order valence-corrected chi connectivity index (χ1v) is 7.33. The second-order valence-electron chi connectivity index (χ2n) is 5.36. The lowest BCUT2D eigenvalue weighted by Crippen LogP contribution is -2.44. The van der Waals surface area contributed by atoms with Crippen LogP contribution in [-0.2, 0) is 16.0 Å². The molecule has 1 heterocycles. The van der Waals surface area contributed by atoms with Crippen molar-refractivity contribution in [3.8, 4) is 5.75 Å². The Bertz CT molecular complexity index is 511. The van der Waals surface area contributed by atoms with Gasteiger partial charge < -0.3 is 14.6 Å². The van der Waals surface area contributed by atoms with Crippen LogP contribution in [0.3, 0.4) is 0 Å². The van der Waals surface area contributed by atoms with Crippen LogP contribution >= 0.6 is 0 Å². The summed E-state index contributed by atoms with van der Waals surface area (Å²) in [4.78, 5) is 11.7. The van der Waals surface area contributed by atoms with Crippen molar-refractivity contribution >= 4 is 5.97 Å². The number of hydrogen-bond donors (Lipinski definition) is 1. The Morgan fingerprint density at radius 3 is 3.05 bits per heavy atom. The number of aliphatic hydroxyl groups excluding tert-OH is 1. The fourth-order valence-corrected chi connectivity index (χ4v) is 2.76. The Morgan fingerprint density at radius 2 is 2.33 bits per heavy atom.